The molecule has 8 heteroatoms. The van der Waals surface area contributed by atoms with Crippen LogP contribution in [0.4, 0.5) is 5.69 Å². The van der Waals surface area contributed by atoms with E-state index in [0.29, 0.717) is 6.54 Å². The van der Waals surface area contributed by atoms with Gasteiger partial charge in [0.25, 0.3) is 11.6 Å². The third-order valence-corrected chi connectivity index (χ3v) is 4.30. The summed E-state index contributed by atoms with van der Waals surface area (Å²) < 4.78 is 5.09. The van der Waals surface area contributed by atoms with Crippen LogP contribution in [0.5, 0.6) is 0 Å². The lowest BCUT2D eigenvalue weighted by Crippen LogP contribution is -2.37. The van der Waals surface area contributed by atoms with E-state index in [1.807, 2.05) is 37.3 Å². The number of nitrogens with one attached hydrogen (secondary N) is 1. The number of ether oxygens (including phenoxy) is 1. The fourth-order valence-corrected chi connectivity index (χ4v) is 2.55. The minimum atomic E-state index is -1.05. The van der Waals surface area contributed by atoms with Gasteiger partial charge in [0.05, 0.1) is 10.5 Å². The van der Waals surface area contributed by atoms with E-state index < -0.39 is 28.6 Å². The van der Waals surface area contributed by atoms with Gasteiger partial charge < -0.3 is 10.1 Å². The van der Waals surface area contributed by atoms with Gasteiger partial charge in [0.1, 0.15) is 5.02 Å². The molecule has 0 saturated heterocycles. The highest BCUT2D eigenvalue weighted by atomic mass is 35.5. The third-order valence-electron chi connectivity index (χ3n) is 3.98. The molecule has 1 amide bonds. The number of halogens is 1. The maximum absolute atomic E-state index is 12.2. The molecule has 0 unspecified atom stereocenters. The first kappa shape index (κ1) is 20.4. The summed E-state index contributed by atoms with van der Waals surface area (Å²) in [7, 11) is 0. The molecule has 0 aliphatic heterocycles. The SMILES string of the molecule is C[C@H](CNC(=O)[C@@H](C)OC(=O)c1ccc(Cl)c([N+](=O)[O-])c1)c1ccccc1. The number of nitro benzene ring substituents is 1. The molecular formula is C19H19ClN2O5. The predicted octanol–water partition coefficient (Wildman–Crippen LogP) is 3.71. The van der Waals surface area contributed by atoms with E-state index in [4.69, 9.17) is 16.3 Å². The zero-order valence-electron chi connectivity index (χ0n) is 14.8. The van der Waals surface area contributed by atoms with Crippen LogP contribution in [0.2, 0.25) is 5.02 Å². The maximum atomic E-state index is 12.2. The number of carbonyl (C=O) groups excluding carboxylic acids is 2. The van der Waals surface area contributed by atoms with Crippen molar-refractivity contribution in [2.75, 3.05) is 6.54 Å². The van der Waals surface area contributed by atoms with Gasteiger partial charge in [-0.05, 0) is 30.5 Å². The Balaban J connectivity index is 1.93. The normalized spacial score (nSPS) is 12.7. The highest BCUT2D eigenvalue weighted by molar-refractivity contribution is 6.32. The van der Waals surface area contributed by atoms with E-state index in [1.165, 1.54) is 19.1 Å². The summed E-state index contributed by atoms with van der Waals surface area (Å²) in [5.41, 5.74) is 0.624. The fourth-order valence-electron chi connectivity index (χ4n) is 2.36. The summed E-state index contributed by atoms with van der Waals surface area (Å²) in [6, 6.07) is 13.3. The number of benzene rings is 2. The van der Waals surface area contributed by atoms with E-state index in [-0.39, 0.29) is 16.5 Å². The zero-order valence-corrected chi connectivity index (χ0v) is 15.6. The molecule has 0 aliphatic carbocycles. The lowest BCUT2D eigenvalue weighted by Gasteiger charge is -2.16. The molecule has 2 atom stereocenters. The molecule has 0 saturated carbocycles. The van der Waals surface area contributed by atoms with E-state index in [9.17, 15) is 19.7 Å². The van der Waals surface area contributed by atoms with Crippen LogP contribution in [-0.4, -0.2) is 29.4 Å². The standard InChI is InChI=1S/C19H19ClN2O5/c1-12(14-6-4-3-5-7-14)11-21-18(23)13(2)27-19(24)15-8-9-16(20)17(10-15)22(25)26/h3-10,12-13H,11H2,1-2H3,(H,21,23)/t12-,13-/m1/s1. The van der Waals surface area contributed by atoms with Gasteiger partial charge in [0.15, 0.2) is 6.10 Å². The number of rotatable bonds is 7. The van der Waals surface area contributed by atoms with Gasteiger partial charge in [-0.1, -0.05) is 48.9 Å². The van der Waals surface area contributed by atoms with Crippen LogP contribution in [0.1, 0.15) is 35.7 Å². The molecule has 2 aromatic rings. The molecule has 142 valence electrons. The average Bonchev–Trinajstić information content (AvgIpc) is 2.66. The predicted molar refractivity (Wildman–Crippen MR) is 101 cm³/mol. The molecule has 2 rings (SSSR count). The van der Waals surface area contributed by atoms with Crippen molar-refractivity contribution in [1.82, 2.24) is 5.32 Å². The third kappa shape index (κ3) is 5.52. The molecule has 0 aliphatic rings. The van der Waals surface area contributed by atoms with Crippen molar-refractivity contribution < 1.29 is 19.2 Å². The number of hydrogen-bond donors (Lipinski definition) is 1. The summed E-state index contributed by atoms with van der Waals surface area (Å²) in [6.07, 6.45) is -1.05. The number of nitro groups is 1. The van der Waals surface area contributed by atoms with Crippen molar-refractivity contribution in [3.8, 4) is 0 Å². The Kier molecular flexibility index (Phi) is 6.90. The molecular weight excluding hydrogens is 372 g/mol. The molecule has 0 radical (unpaired) electrons. The molecule has 0 heterocycles. The first-order valence-electron chi connectivity index (χ1n) is 8.27. The van der Waals surface area contributed by atoms with Crippen molar-refractivity contribution in [3.05, 3.63) is 74.8 Å². The van der Waals surface area contributed by atoms with Crippen molar-refractivity contribution >= 4 is 29.2 Å². The van der Waals surface area contributed by atoms with Gasteiger partial charge in [-0.2, -0.15) is 0 Å². The second-order valence-electron chi connectivity index (χ2n) is 6.03. The van der Waals surface area contributed by atoms with E-state index in [0.717, 1.165) is 11.6 Å². The second kappa shape index (κ2) is 9.14. The van der Waals surface area contributed by atoms with Gasteiger partial charge >= 0.3 is 5.97 Å². The Morgan fingerprint density at radius 2 is 1.85 bits per heavy atom. The first-order valence-corrected chi connectivity index (χ1v) is 8.65. The molecule has 2 aromatic carbocycles. The van der Waals surface area contributed by atoms with Crippen LogP contribution < -0.4 is 5.32 Å². The quantitative estimate of drug-likeness (QED) is 0.441. The van der Waals surface area contributed by atoms with Gasteiger partial charge in [-0.25, -0.2) is 4.79 Å². The second-order valence-corrected chi connectivity index (χ2v) is 6.43. The topological polar surface area (TPSA) is 98.5 Å². The Bertz CT molecular complexity index is 841. The zero-order chi connectivity index (χ0) is 20.0. The Labute approximate surface area is 161 Å². The number of esters is 1. The largest absolute Gasteiger partial charge is 0.449 e. The molecule has 0 fully saturated rings. The molecule has 0 spiro atoms. The van der Waals surface area contributed by atoms with Crippen molar-refractivity contribution in [2.45, 2.75) is 25.9 Å². The Morgan fingerprint density at radius 1 is 1.19 bits per heavy atom. The van der Waals surface area contributed by atoms with Gasteiger partial charge in [0, 0.05) is 12.6 Å². The average molecular weight is 391 g/mol. The highest BCUT2D eigenvalue weighted by Gasteiger charge is 2.22. The van der Waals surface area contributed by atoms with Gasteiger partial charge in [0.2, 0.25) is 0 Å². The molecule has 7 nitrogen and oxygen atoms in total. The van der Waals surface area contributed by atoms with Gasteiger partial charge in [-0.15, -0.1) is 0 Å². The van der Waals surface area contributed by atoms with Crippen LogP contribution in [0, 0.1) is 10.1 Å². The minimum absolute atomic E-state index is 0.0524. The molecule has 27 heavy (non-hydrogen) atoms. The van der Waals surface area contributed by atoms with Crippen LogP contribution in [-0.2, 0) is 9.53 Å². The molecule has 0 bridgehead atoms. The molecule has 1 N–H and O–H groups in total. The highest BCUT2D eigenvalue weighted by Crippen LogP contribution is 2.25. The van der Waals surface area contributed by atoms with Crippen LogP contribution in [0.15, 0.2) is 48.5 Å². The van der Waals surface area contributed by atoms with Crippen molar-refractivity contribution in [2.24, 2.45) is 0 Å². The summed E-state index contributed by atoms with van der Waals surface area (Å²) in [5, 5.41) is 13.5. The summed E-state index contributed by atoms with van der Waals surface area (Å²) in [5.74, 6) is -1.19. The number of hydrogen-bond acceptors (Lipinski definition) is 5. The van der Waals surface area contributed by atoms with E-state index in [2.05, 4.69) is 5.32 Å². The Hall–Kier alpha value is -2.93. The lowest BCUT2D eigenvalue weighted by molar-refractivity contribution is -0.384. The summed E-state index contributed by atoms with van der Waals surface area (Å²) >= 11 is 5.72. The lowest BCUT2D eigenvalue weighted by atomic mass is 10.0. The summed E-state index contributed by atoms with van der Waals surface area (Å²) in [6.45, 7) is 3.79. The van der Waals surface area contributed by atoms with Crippen molar-refractivity contribution in [3.63, 3.8) is 0 Å². The number of carbonyl (C=O) groups is 2. The van der Waals surface area contributed by atoms with E-state index in [1.54, 1.807) is 0 Å². The molecule has 0 aromatic heterocycles. The minimum Gasteiger partial charge on any atom is -0.449 e. The Morgan fingerprint density at radius 3 is 2.48 bits per heavy atom. The first-order chi connectivity index (χ1) is 12.8. The van der Waals surface area contributed by atoms with Crippen LogP contribution in [0.3, 0.4) is 0 Å². The van der Waals surface area contributed by atoms with E-state index >= 15 is 0 Å². The number of amides is 1. The maximum Gasteiger partial charge on any atom is 0.339 e. The van der Waals surface area contributed by atoms with Gasteiger partial charge in [-0.3, -0.25) is 14.9 Å². The van der Waals surface area contributed by atoms with Crippen LogP contribution >= 0.6 is 11.6 Å². The number of nitrogens with zero attached hydrogens (tertiary/aromatic N) is 1. The smallest absolute Gasteiger partial charge is 0.339 e. The van der Waals surface area contributed by atoms with Crippen molar-refractivity contribution in [1.29, 1.82) is 0 Å². The monoisotopic (exact) mass is 390 g/mol. The summed E-state index contributed by atoms with van der Waals surface area (Å²) in [4.78, 5) is 34.5. The van der Waals surface area contributed by atoms with Crippen LogP contribution in [0.25, 0.3) is 0 Å². The fraction of sp³-hybridized carbons (Fsp3) is 0.263.